The van der Waals surface area contributed by atoms with Crippen molar-refractivity contribution in [2.75, 3.05) is 34.0 Å². The van der Waals surface area contributed by atoms with E-state index >= 15 is 0 Å². The molecule has 0 aliphatic heterocycles. The van der Waals surface area contributed by atoms with Crippen LogP contribution in [0.4, 0.5) is 0 Å². The molecule has 0 spiro atoms. The molecule has 0 aliphatic carbocycles. The summed E-state index contributed by atoms with van der Waals surface area (Å²) in [6.45, 7) is -0.597. The van der Waals surface area contributed by atoms with Crippen LogP contribution in [0.25, 0.3) is 0 Å². The summed E-state index contributed by atoms with van der Waals surface area (Å²) in [7, 11) is 4.45. The van der Waals surface area contributed by atoms with Gasteiger partial charge < -0.3 is 14.6 Å². The van der Waals surface area contributed by atoms with Crippen molar-refractivity contribution in [1.82, 2.24) is 0 Å². The van der Waals surface area contributed by atoms with Gasteiger partial charge in [0, 0.05) is 19.4 Å². The minimum atomic E-state index is -3.60. The van der Waals surface area contributed by atoms with Crippen molar-refractivity contribution in [3.8, 4) is 0 Å². The van der Waals surface area contributed by atoms with Crippen molar-refractivity contribution >= 4 is 17.7 Å². The van der Waals surface area contributed by atoms with Crippen LogP contribution in [0.3, 0.4) is 0 Å². The average Bonchev–Trinajstić information content (AvgIpc) is 2.16. The van der Waals surface area contributed by atoms with Gasteiger partial charge in [0.2, 0.25) is 0 Å². The molecule has 7 heteroatoms. The van der Waals surface area contributed by atoms with E-state index in [0.717, 1.165) is 0 Å². The van der Waals surface area contributed by atoms with E-state index in [4.69, 9.17) is 22.4 Å². The van der Waals surface area contributed by atoms with Gasteiger partial charge in [-0.1, -0.05) is 0 Å². The van der Waals surface area contributed by atoms with E-state index in [1.54, 1.807) is 0 Å². The van der Waals surface area contributed by atoms with Crippen molar-refractivity contribution in [2.45, 2.75) is 10.4 Å². The van der Waals surface area contributed by atoms with Crippen molar-refractivity contribution in [1.29, 1.82) is 0 Å². The minimum absolute atomic E-state index is 0.00384. The van der Waals surface area contributed by atoms with Crippen LogP contribution in [0.2, 0.25) is 0 Å². The van der Waals surface area contributed by atoms with Crippen molar-refractivity contribution < 1.29 is 23.0 Å². The minimum Gasteiger partial charge on any atom is -0.396 e. The zero-order valence-electron chi connectivity index (χ0n) is 8.34. The molecule has 2 radical (unpaired) electrons. The van der Waals surface area contributed by atoms with E-state index in [2.05, 4.69) is 0 Å². The monoisotopic (exact) mass is 222 g/mol. The van der Waals surface area contributed by atoms with Gasteiger partial charge in [0.1, 0.15) is 5.25 Å². The molecule has 0 fully saturated rings. The van der Waals surface area contributed by atoms with E-state index in [0.29, 0.717) is 0 Å². The quantitative estimate of drug-likeness (QED) is 0.533. The van der Waals surface area contributed by atoms with Crippen molar-refractivity contribution in [2.24, 2.45) is 0 Å². The Kier molecular flexibility index (Phi) is 6.34. The van der Waals surface area contributed by atoms with Gasteiger partial charge >= 0.3 is 0 Å². The molecule has 0 aromatic carbocycles. The fourth-order valence-corrected chi connectivity index (χ4v) is 2.31. The van der Waals surface area contributed by atoms with E-state index in [1.165, 1.54) is 14.2 Å². The standard InChI is InChI=1S/C7H15BO5S/c1-12-4-6(5-13-2)14(10,11)7(8)3-9/h6-7,9H,3-5H2,1-2H3. The number of methoxy groups -OCH3 is 2. The molecule has 0 bridgehead atoms. The molecule has 0 heterocycles. The van der Waals surface area contributed by atoms with Crippen molar-refractivity contribution in [3.63, 3.8) is 0 Å². The number of rotatable bonds is 7. The van der Waals surface area contributed by atoms with Crippen LogP contribution >= 0.6 is 0 Å². The normalized spacial score (nSPS) is 14.6. The third kappa shape index (κ3) is 3.57. The summed E-state index contributed by atoms with van der Waals surface area (Å²) in [4.78, 5) is 0. The molecule has 0 aliphatic rings. The van der Waals surface area contributed by atoms with Crippen LogP contribution < -0.4 is 0 Å². The molecule has 0 aromatic rings. The average molecular weight is 222 g/mol. The Labute approximate surface area is 85.7 Å². The predicted octanol–water partition coefficient (Wildman–Crippen LogP) is -1.45. The molecular weight excluding hydrogens is 207 g/mol. The Morgan fingerprint density at radius 3 is 2.00 bits per heavy atom. The first-order valence-corrected chi connectivity index (χ1v) is 5.68. The van der Waals surface area contributed by atoms with Crippen LogP contribution in [0, 0.1) is 0 Å². The molecule has 1 unspecified atom stereocenters. The Bertz CT molecular complexity index is 234. The molecule has 0 amide bonds. The van der Waals surface area contributed by atoms with Gasteiger partial charge in [0.05, 0.1) is 27.7 Å². The maximum absolute atomic E-state index is 11.6. The molecule has 0 aromatic heterocycles. The summed E-state index contributed by atoms with van der Waals surface area (Å²) in [6.07, 6.45) is 0. The lowest BCUT2D eigenvalue weighted by Crippen LogP contribution is -2.40. The molecule has 82 valence electrons. The number of ether oxygens (including phenoxy) is 2. The van der Waals surface area contributed by atoms with Crippen LogP contribution in [-0.4, -0.2) is 65.8 Å². The third-order valence-electron chi connectivity index (χ3n) is 1.77. The molecule has 5 nitrogen and oxygen atoms in total. The SMILES string of the molecule is [B]C(CO)S(=O)(=O)C(COC)COC. The number of hydrogen-bond acceptors (Lipinski definition) is 5. The maximum Gasteiger partial charge on any atom is 0.154 e. The highest BCUT2D eigenvalue weighted by atomic mass is 32.2. The van der Waals surface area contributed by atoms with E-state index in [-0.39, 0.29) is 13.2 Å². The lowest BCUT2D eigenvalue weighted by Gasteiger charge is -2.19. The molecule has 0 saturated carbocycles. The lowest BCUT2D eigenvalue weighted by atomic mass is 10.1. The largest absolute Gasteiger partial charge is 0.396 e. The van der Waals surface area contributed by atoms with Gasteiger partial charge in [-0.25, -0.2) is 8.42 Å². The Hall–Kier alpha value is -0.105. The fraction of sp³-hybridized carbons (Fsp3) is 1.00. The maximum atomic E-state index is 11.6. The van der Waals surface area contributed by atoms with E-state index in [9.17, 15) is 8.42 Å². The first-order chi connectivity index (χ1) is 6.50. The molecule has 0 rings (SSSR count). The summed E-state index contributed by atoms with van der Waals surface area (Å²) in [5.41, 5.74) is 0. The first-order valence-electron chi connectivity index (χ1n) is 4.07. The van der Waals surface area contributed by atoms with Crippen LogP contribution in [0.15, 0.2) is 0 Å². The van der Waals surface area contributed by atoms with Crippen molar-refractivity contribution in [3.05, 3.63) is 0 Å². The number of sulfone groups is 1. The smallest absolute Gasteiger partial charge is 0.154 e. The van der Waals surface area contributed by atoms with Gasteiger partial charge in [-0.3, -0.25) is 0 Å². The Morgan fingerprint density at radius 1 is 1.29 bits per heavy atom. The third-order valence-corrected chi connectivity index (χ3v) is 3.97. The van der Waals surface area contributed by atoms with Gasteiger partial charge in [0.25, 0.3) is 0 Å². The Balaban J connectivity index is 4.62. The van der Waals surface area contributed by atoms with E-state index < -0.39 is 26.8 Å². The highest BCUT2D eigenvalue weighted by Gasteiger charge is 2.30. The fourth-order valence-electron chi connectivity index (χ4n) is 0.961. The van der Waals surface area contributed by atoms with Crippen LogP contribution in [0.5, 0.6) is 0 Å². The van der Waals surface area contributed by atoms with Gasteiger partial charge in [-0.15, -0.1) is 0 Å². The van der Waals surface area contributed by atoms with Crippen LogP contribution in [-0.2, 0) is 19.3 Å². The summed E-state index contributed by atoms with van der Waals surface area (Å²) < 4.78 is 32.7. The predicted molar refractivity (Wildman–Crippen MR) is 53.1 cm³/mol. The number of hydrogen-bond donors (Lipinski definition) is 1. The van der Waals surface area contributed by atoms with Gasteiger partial charge in [-0.2, -0.15) is 0 Å². The molecule has 1 atom stereocenters. The summed E-state index contributed by atoms with van der Waals surface area (Å²) in [6, 6.07) is 0. The van der Waals surface area contributed by atoms with Gasteiger partial charge in [0.15, 0.2) is 9.84 Å². The highest BCUT2D eigenvalue weighted by molar-refractivity contribution is 7.93. The summed E-state index contributed by atoms with van der Waals surface area (Å²) in [5.74, 6) is 0. The second-order valence-corrected chi connectivity index (χ2v) is 5.29. The topological polar surface area (TPSA) is 72.8 Å². The summed E-state index contributed by atoms with van der Waals surface area (Å²) in [5, 5.41) is 6.56. The van der Waals surface area contributed by atoms with Crippen LogP contribution in [0.1, 0.15) is 0 Å². The highest BCUT2D eigenvalue weighted by Crippen LogP contribution is 2.08. The number of aliphatic hydroxyl groups excluding tert-OH is 1. The second kappa shape index (κ2) is 6.39. The van der Waals surface area contributed by atoms with E-state index in [1.807, 2.05) is 0 Å². The number of aliphatic hydroxyl groups is 1. The zero-order chi connectivity index (χ0) is 11.2. The molecule has 0 saturated heterocycles. The zero-order valence-corrected chi connectivity index (χ0v) is 9.16. The summed E-state index contributed by atoms with van der Waals surface area (Å²) >= 11 is 0. The molecule has 14 heavy (non-hydrogen) atoms. The molecular formula is C7H15BO5S. The second-order valence-electron chi connectivity index (χ2n) is 2.84. The Morgan fingerprint density at radius 2 is 1.71 bits per heavy atom. The molecule has 1 N–H and O–H groups in total. The van der Waals surface area contributed by atoms with Gasteiger partial charge in [-0.05, 0) is 0 Å². The lowest BCUT2D eigenvalue weighted by molar-refractivity contribution is 0.140. The first kappa shape index (κ1) is 13.9.